The van der Waals surface area contributed by atoms with Crippen LogP contribution in [0.1, 0.15) is 126 Å². The molecule has 0 unspecified atom stereocenters. The topological polar surface area (TPSA) is 6.48 Å². The molecular weight excluding hydrogens is 1240 g/mol. The molecule has 0 aliphatic heterocycles. The Balaban J connectivity index is 0.766. The minimum Gasteiger partial charge on any atom is -0.310 e. The average Bonchev–Trinajstić information content (AvgIpc) is 1.56. The largest absolute Gasteiger partial charge is 0.310 e. The predicted molar refractivity (Wildman–Crippen MR) is 441 cm³/mol. The summed E-state index contributed by atoms with van der Waals surface area (Å²) < 4.78 is 0. The van der Waals surface area contributed by atoms with E-state index in [9.17, 15) is 0 Å². The molecule has 0 radical (unpaired) electrons. The molecule has 0 saturated heterocycles. The lowest BCUT2D eigenvalue weighted by molar-refractivity contribution is 0.398. The summed E-state index contributed by atoms with van der Waals surface area (Å²) in [5, 5.41) is 2.52. The van der Waals surface area contributed by atoms with E-state index < -0.39 is 0 Å². The zero-order valence-electron chi connectivity index (χ0n) is 59.9. The van der Waals surface area contributed by atoms with Crippen molar-refractivity contribution in [3.8, 4) is 89.0 Å². The number of rotatable bonds is 27. The highest BCUT2D eigenvalue weighted by Crippen LogP contribution is 2.56. The van der Waals surface area contributed by atoms with Gasteiger partial charge in [-0.05, 0) is 233 Å². The lowest BCUT2D eigenvalue weighted by Crippen LogP contribution is -2.25. The van der Waals surface area contributed by atoms with E-state index in [0.717, 1.165) is 46.8 Å². The number of fused-ring (bicyclic) bond motifs is 5. The molecule has 103 heavy (non-hydrogen) atoms. The normalized spacial score (nSPS) is 12.5. The number of unbranched alkanes of at least 4 members (excludes halogenated alkanes) is 10. The van der Waals surface area contributed by atoms with Crippen LogP contribution < -0.4 is 9.80 Å². The van der Waals surface area contributed by atoms with E-state index in [1.54, 1.807) is 5.56 Å². The van der Waals surface area contributed by atoms with Crippen LogP contribution in [0.3, 0.4) is 0 Å². The Kier molecular flexibility index (Phi) is 19.8. The maximum absolute atomic E-state index is 2.62. The van der Waals surface area contributed by atoms with Crippen molar-refractivity contribution in [1.29, 1.82) is 0 Å². The molecule has 14 aromatic rings. The van der Waals surface area contributed by atoms with E-state index in [1.165, 1.54) is 206 Å². The predicted octanol–water partition coefficient (Wildman–Crippen LogP) is 29.3. The zero-order chi connectivity index (χ0) is 69.3. The SMILES string of the molecule is CCCCCCCCC1(CCCCCCCC)c2cc(-c3ccccc3)ccc2-c2ccc(-c3ccc(N(c4ccc(-c5ccc(N(c6ccc(-c7ccccc7)cc6)c6ccc7c(c6)CC7)cc5)cc4)c4ccc(-c5ccc(-c6cccc7ccccc67)cc5)c(-c5ccccc5)c4)cc3)cc21. The van der Waals surface area contributed by atoms with Crippen LogP contribution in [-0.4, -0.2) is 0 Å². The van der Waals surface area contributed by atoms with Gasteiger partial charge < -0.3 is 9.80 Å². The zero-order valence-corrected chi connectivity index (χ0v) is 59.9. The van der Waals surface area contributed by atoms with Gasteiger partial charge in [0.05, 0.1) is 0 Å². The van der Waals surface area contributed by atoms with Crippen LogP contribution in [0.15, 0.2) is 328 Å². The average molecular weight is 1330 g/mol. The second kappa shape index (κ2) is 30.6. The quantitative estimate of drug-likeness (QED) is 0.0474. The minimum absolute atomic E-state index is 0.0633. The molecule has 14 aromatic carbocycles. The number of hydrogen-bond donors (Lipinski definition) is 0. The van der Waals surface area contributed by atoms with Gasteiger partial charge in [-0.1, -0.05) is 334 Å². The molecule has 0 spiro atoms. The summed E-state index contributed by atoms with van der Waals surface area (Å²) in [7, 11) is 0. The molecule has 16 rings (SSSR count). The van der Waals surface area contributed by atoms with Crippen LogP contribution in [0.2, 0.25) is 0 Å². The highest BCUT2D eigenvalue weighted by Gasteiger charge is 2.43. The summed E-state index contributed by atoms with van der Waals surface area (Å²) in [5.41, 5.74) is 32.6. The molecule has 0 amide bonds. The maximum Gasteiger partial charge on any atom is 0.0468 e. The fraction of sp³-hybridized carbons (Fsp3) is 0.188. The molecule has 2 nitrogen and oxygen atoms in total. The van der Waals surface area contributed by atoms with Crippen molar-refractivity contribution in [2.45, 2.75) is 122 Å². The van der Waals surface area contributed by atoms with Crippen molar-refractivity contribution < 1.29 is 0 Å². The first-order valence-corrected chi connectivity index (χ1v) is 38.3. The maximum atomic E-state index is 2.62. The summed E-state index contributed by atoms with van der Waals surface area (Å²) in [4.78, 5) is 4.87. The smallest absolute Gasteiger partial charge is 0.0468 e. The van der Waals surface area contributed by atoms with E-state index in [2.05, 4.69) is 351 Å². The van der Waals surface area contributed by atoms with Gasteiger partial charge in [0.15, 0.2) is 0 Å². The third-order valence-electron chi connectivity index (χ3n) is 22.4. The van der Waals surface area contributed by atoms with Crippen LogP contribution in [-0.2, 0) is 18.3 Å². The lowest BCUT2D eigenvalue weighted by Gasteiger charge is -2.33. The van der Waals surface area contributed by atoms with Crippen molar-refractivity contribution in [2.75, 3.05) is 9.80 Å². The van der Waals surface area contributed by atoms with Crippen LogP contribution in [0, 0.1) is 0 Å². The van der Waals surface area contributed by atoms with E-state index in [0.29, 0.717) is 0 Å². The van der Waals surface area contributed by atoms with Gasteiger partial charge in [-0.3, -0.25) is 0 Å². The number of nitrogens with zero attached hydrogens (tertiary/aromatic N) is 2. The molecule has 0 saturated carbocycles. The highest BCUT2D eigenvalue weighted by molar-refractivity contribution is 5.98. The van der Waals surface area contributed by atoms with Crippen LogP contribution >= 0.6 is 0 Å². The van der Waals surface area contributed by atoms with Gasteiger partial charge in [0.2, 0.25) is 0 Å². The molecule has 2 aliphatic rings. The van der Waals surface area contributed by atoms with Gasteiger partial charge in [-0.2, -0.15) is 0 Å². The van der Waals surface area contributed by atoms with Gasteiger partial charge >= 0.3 is 0 Å². The first-order chi connectivity index (χ1) is 51.0. The van der Waals surface area contributed by atoms with Gasteiger partial charge in [-0.25, -0.2) is 0 Å². The molecule has 506 valence electrons. The lowest BCUT2D eigenvalue weighted by atomic mass is 9.70. The van der Waals surface area contributed by atoms with Gasteiger partial charge in [0.25, 0.3) is 0 Å². The molecule has 2 aliphatic carbocycles. The summed E-state index contributed by atoms with van der Waals surface area (Å²) in [6.45, 7) is 4.66. The first kappa shape index (κ1) is 66.5. The van der Waals surface area contributed by atoms with Crippen molar-refractivity contribution >= 4 is 44.9 Å². The number of benzene rings is 14. The molecular formula is C101H92N2. The van der Waals surface area contributed by atoms with Crippen molar-refractivity contribution in [1.82, 2.24) is 0 Å². The molecule has 0 fully saturated rings. The second-order valence-corrected chi connectivity index (χ2v) is 28.9. The van der Waals surface area contributed by atoms with Crippen molar-refractivity contribution in [3.63, 3.8) is 0 Å². The van der Waals surface area contributed by atoms with Gasteiger partial charge in [0.1, 0.15) is 0 Å². The summed E-state index contributed by atoms with van der Waals surface area (Å²) >= 11 is 0. The number of hydrogen-bond acceptors (Lipinski definition) is 2. The highest BCUT2D eigenvalue weighted by atomic mass is 15.1. The number of anilines is 6. The fourth-order valence-corrected chi connectivity index (χ4v) is 16.7. The molecule has 0 bridgehead atoms. The monoisotopic (exact) mass is 1330 g/mol. The van der Waals surface area contributed by atoms with Gasteiger partial charge in [-0.15, -0.1) is 0 Å². The van der Waals surface area contributed by atoms with E-state index >= 15 is 0 Å². The summed E-state index contributed by atoms with van der Waals surface area (Å²) in [6, 6.07) is 123. The van der Waals surface area contributed by atoms with E-state index in [1.807, 2.05) is 0 Å². The van der Waals surface area contributed by atoms with Crippen LogP contribution in [0.5, 0.6) is 0 Å². The third-order valence-corrected chi connectivity index (χ3v) is 22.4. The summed E-state index contributed by atoms with van der Waals surface area (Å²) in [5.74, 6) is 0. The molecule has 0 aromatic heterocycles. The molecule has 0 N–H and O–H groups in total. The van der Waals surface area contributed by atoms with Gasteiger partial charge in [0, 0.05) is 39.5 Å². The number of aryl methyl sites for hydroxylation is 2. The fourth-order valence-electron chi connectivity index (χ4n) is 16.7. The van der Waals surface area contributed by atoms with E-state index in [4.69, 9.17) is 0 Å². The Morgan fingerprint density at radius 3 is 1.07 bits per heavy atom. The third kappa shape index (κ3) is 14.0. The second-order valence-electron chi connectivity index (χ2n) is 28.9. The van der Waals surface area contributed by atoms with Crippen molar-refractivity contribution in [2.24, 2.45) is 0 Å². The Bertz CT molecular complexity index is 5170. The molecule has 0 heterocycles. The standard InChI is InChI=1S/C101H92N2/c1-3-5-7-9-11-24-67-101(68-25-12-10-8-6-4-2)99-70-85(74-29-18-14-19-30-74)52-64-96(99)97-65-53-86(71-100(97)101)79-49-60-90(61-50-79)103(92-63-66-95(98(72-92)81-31-20-15-21-32-81)83-40-38-82(39-41-83)94-36-26-34-80-33-22-23-35-93(80)94)89-58-47-77(48-59-89)76-45-56-88(57-46-76)102(91-62-51-78-37-42-84(78)69-91)87-54-43-75(44-55-87)73-27-16-13-17-28-73/h13-23,26-36,38-41,43-66,69-72H,3-12,24-25,37,42,67-68H2,1-2H3. The summed E-state index contributed by atoms with van der Waals surface area (Å²) in [6.07, 6.45) is 20.1. The Labute approximate surface area is 611 Å². The first-order valence-electron chi connectivity index (χ1n) is 38.3. The Morgan fingerprint density at radius 2 is 0.583 bits per heavy atom. The Hall–Kier alpha value is -11.1. The minimum atomic E-state index is -0.0633. The molecule has 2 heteroatoms. The Morgan fingerprint density at radius 1 is 0.233 bits per heavy atom. The molecule has 0 atom stereocenters. The van der Waals surface area contributed by atoms with Crippen molar-refractivity contribution in [3.05, 3.63) is 350 Å². The van der Waals surface area contributed by atoms with Crippen LogP contribution in [0.4, 0.5) is 34.1 Å². The van der Waals surface area contributed by atoms with Crippen LogP contribution in [0.25, 0.3) is 99.8 Å². The van der Waals surface area contributed by atoms with E-state index in [-0.39, 0.29) is 5.41 Å².